The molecule has 0 aliphatic carbocycles. The molecule has 1 N–H and O–H groups in total. The summed E-state index contributed by atoms with van der Waals surface area (Å²) < 4.78 is 33.4. The van der Waals surface area contributed by atoms with Gasteiger partial charge in [0.25, 0.3) is 0 Å². The minimum absolute atomic E-state index is 0.0491. The summed E-state index contributed by atoms with van der Waals surface area (Å²) >= 11 is 0. The summed E-state index contributed by atoms with van der Waals surface area (Å²) in [6.45, 7) is 7.03. The van der Waals surface area contributed by atoms with Crippen molar-refractivity contribution in [2.45, 2.75) is 51.8 Å². The Morgan fingerprint density at radius 1 is 0.927 bits per heavy atom. The Kier molecular flexibility index (Phi) is 10.8. The molecule has 41 heavy (non-hydrogen) atoms. The van der Waals surface area contributed by atoms with Gasteiger partial charge in [-0.1, -0.05) is 68.4 Å². The maximum atomic E-state index is 13.9. The number of nitrogens with zero attached hydrogens (tertiary/aromatic N) is 2. The van der Waals surface area contributed by atoms with Gasteiger partial charge in [0.2, 0.25) is 5.91 Å². The van der Waals surface area contributed by atoms with Gasteiger partial charge in [0.05, 0.1) is 0 Å². The highest BCUT2D eigenvalue weighted by atomic mass is 19.1. The van der Waals surface area contributed by atoms with Gasteiger partial charge in [-0.3, -0.25) is 4.79 Å². The van der Waals surface area contributed by atoms with Gasteiger partial charge in [0.15, 0.2) is 0 Å². The molecule has 1 fully saturated rings. The number of carbonyl (C=O) groups is 2. The van der Waals surface area contributed by atoms with Crippen molar-refractivity contribution in [2.24, 2.45) is 5.92 Å². The first-order chi connectivity index (χ1) is 19.9. The van der Waals surface area contributed by atoms with Crippen LogP contribution >= 0.6 is 0 Å². The summed E-state index contributed by atoms with van der Waals surface area (Å²) in [5, 5.41) is 3.01. The van der Waals surface area contributed by atoms with Crippen LogP contribution in [0.3, 0.4) is 0 Å². The number of nitrogens with one attached hydrogen (secondary N) is 1. The standard InChI is InChI=1S/C33H39F2N3O3/c1-3-37(4-2)22-20-30(39)38-21-8-11-29(32(38)36-33(40)41-23-24-9-6-5-7-10-24)31(25-12-16-27(34)17-13-25)26-14-18-28(35)19-15-26/h5-7,9-10,12-19,29,31-32H,3-4,8,11,20-23H2,1-2H3,(H,36,40)/t29-,32-/m1/s1. The number of ether oxygens (including phenoxy) is 1. The van der Waals surface area contributed by atoms with Gasteiger partial charge in [-0.25, -0.2) is 13.6 Å². The smallest absolute Gasteiger partial charge is 0.409 e. The van der Waals surface area contributed by atoms with Crippen LogP contribution in [0.4, 0.5) is 13.6 Å². The molecule has 1 aliphatic heterocycles. The van der Waals surface area contributed by atoms with Crippen molar-refractivity contribution in [3.63, 3.8) is 0 Å². The average Bonchev–Trinajstić information content (AvgIpc) is 2.99. The molecule has 1 heterocycles. The van der Waals surface area contributed by atoms with Crippen LogP contribution in [0.2, 0.25) is 0 Å². The monoisotopic (exact) mass is 563 g/mol. The van der Waals surface area contributed by atoms with E-state index in [1.165, 1.54) is 24.3 Å². The van der Waals surface area contributed by atoms with Gasteiger partial charge in [-0.15, -0.1) is 0 Å². The molecule has 1 aliphatic rings. The van der Waals surface area contributed by atoms with E-state index in [1.54, 1.807) is 29.2 Å². The van der Waals surface area contributed by atoms with Crippen molar-refractivity contribution in [1.29, 1.82) is 0 Å². The predicted molar refractivity (Wildman–Crippen MR) is 155 cm³/mol. The molecule has 0 saturated carbocycles. The lowest BCUT2D eigenvalue weighted by Gasteiger charge is -2.45. The second-order valence-corrected chi connectivity index (χ2v) is 10.4. The second kappa shape index (κ2) is 14.7. The van der Waals surface area contributed by atoms with E-state index in [2.05, 4.69) is 24.1 Å². The van der Waals surface area contributed by atoms with Crippen molar-refractivity contribution in [3.8, 4) is 0 Å². The first-order valence-electron chi connectivity index (χ1n) is 14.4. The van der Waals surface area contributed by atoms with E-state index in [0.29, 0.717) is 25.9 Å². The van der Waals surface area contributed by atoms with E-state index >= 15 is 0 Å². The lowest BCUT2D eigenvalue weighted by molar-refractivity contribution is -0.137. The van der Waals surface area contributed by atoms with Crippen LogP contribution in [0.25, 0.3) is 0 Å². The molecule has 8 heteroatoms. The van der Waals surface area contributed by atoms with Crippen molar-refractivity contribution in [3.05, 3.63) is 107 Å². The number of rotatable bonds is 11. The second-order valence-electron chi connectivity index (χ2n) is 10.4. The van der Waals surface area contributed by atoms with Crippen LogP contribution in [0.5, 0.6) is 0 Å². The summed E-state index contributed by atoms with van der Waals surface area (Å²) in [6.07, 6.45) is 0.463. The van der Waals surface area contributed by atoms with Gasteiger partial charge in [-0.05, 0) is 66.9 Å². The summed E-state index contributed by atoms with van der Waals surface area (Å²) in [4.78, 5) is 30.7. The Hall–Kier alpha value is -3.78. The number of benzene rings is 3. The normalized spacial score (nSPS) is 17.1. The van der Waals surface area contributed by atoms with Gasteiger partial charge >= 0.3 is 6.09 Å². The van der Waals surface area contributed by atoms with E-state index in [1.807, 2.05) is 30.3 Å². The molecule has 0 aromatic heterocycles. The topological polar surface area (TPSA) is 61.9 Å². The Morgan fingerprint density at radius 2 is 1.51 bits per heavy atom. The van der Waals surface area contributed by atoms with E-state index < -0.39 is 12.3 Å². The molecule has 2 amide bonds. The Bertz CT molecular complexity index is 1210. The zero-order chi connectivity index (χ0) is 29.2. The number of amides is 2. The summed E-state index contributed by atoms with van der Waals surface area (Å²) in [5.41, 5.74) is 2.50. The molecule has 1 saturated heterocycles. The van der Waals surface area contributed by atoms with Crippen LogP contribution < -0.4 is 5.32 Å². The Labute approximate surface area is 241 Å². The summed E-state index contributed by atoms with van der Waals surface area (Å²) in [5.74, 6) is -1.35. The quantitative estimate of drug-likeness (QED) is 0.297. The molecule has 3 aromatic carbocycles. The molecule has 0 radical (unpaired) electrons. The van der Waals surface area contributed by atoms with E-state index in [4.69, 9.17) is 4.74 Å². The number of alkyl carbamates (subject to hydrolysis) is 1. The number of hydrogen-bond donors (Lipinski definition) is 1. The summed E-state index contributed by atoms with van der Waals surface area (Å²) in [7, 11) is 0. The van der Waals surface area contributed by atoms with Crippen molar-refractivity contribution in [1.82, 2.24) is 15.1 Å². The molecular weight excluding hydrogens is 524 g/mol. The van der Waals surface area contributed by atoms with Crippen LogP contribution in [-0.2, 0) is 16.1 Å². The van der Waals surface area contributed by atoms with Crippen molar-refractivity contribution >= 4 is 12.0 Å². The zero-order valence-electron chi connectivity index (χ0n) is 23.8. The first kappa shape index (κ1) is 30.2. The van der Waals surface area contributed by atoms with E-state index in [9.17, 15) is 18.4 Å². The third-order valence-electron chi connectivity index (χ3n) is 7.90. The maximum absolute atomic E-state index is 13.9. The number of likely N-dealkylation sites (tertiary alicyclic amines) is 1. The fourth-order valence-corrected chi connectivity index (χ4v) is 5.69. The van der Waals surface area contributed by atoms with E-state index in [-0.39, 0.29) is 36.0 Å². The maximum Gasteiger partial charge on any atom is 0.409 e. The fourth-order valence-electron chi connectivity index (χ4n) is 5.69. The number of hydrogen-bond acceptors (Lipinski definition) is 4. The van der Waals surface area contributed by atoms with Gasteiger partial charge in [0.1, 0.15) is 24.4 Å². The number of carbonyl (C=O) groups excluding carboxylic acids is 2. The predicted octanol–water partition coefficient (Wildman–Crippen LogP) is 6.32. The molecule has 0 spiro atoms. The molecule has 3 aromatic rings. The van der Waals surface area contributed by atoms with Gasteiger partial charge in [-0.2, -0.15) is 0 Å². The van der Waals surface area contributed by atoms with Gasteiger partial charge in [0, 0.05) is 31.3 Å². The Balaban J connectivity index is 1.65. The highest BCUT2D eigenvalue weighted by molar-refractivity contribution is 5.78. The van der Waals surface area contributed by atoms with Crippen molar-refractivity contribution in [2.75, 3.05) is 26.2 Å². The first-order valence-corrected chi connectivity index (χ1v) is 14.4. The van der Waals surface area contributed by atoms with Crippen LogP contribution in [-0.4, -0.2) is 54.1 Å². The number of piperidine rings is 1. The molecule has 2 atom stereocenters. The largest absolute Gasteiger partial charge is 0.445 e. The fraction of sp³-hybridized carbons (Fsp3) is 0.394. The van der Waals surface area contributed by atoms with Crippen molar-refractivity contribution < 1.29 is 23.1 Å². The zero-order valence-corrected chi connectivity index (χ0v) is 23.8. The minimum Gasteiger partial charge on any atom is -0.445 e. The molecule has 218 valence electrons. The third-order valence-corrected chi connectivity index (χ3v) is 7.90. The average molecular weight is 564 g/mol. The molecule has 6 nitrogen and oxygen atoms in total. The van der Waals surface area contributed by atoms with E-state index in [0.717, 1.165) is 36.2 Å². The molecular formula is C33H39F2N3O3. The molecule has 4 rings (SSSR count). The van der Waals surface area contributed by atoms with Crippen LogP contribution in [0.15, 0.2) is 78.9 Å². The summed E-state index contributed by atoms with van der Waals surface area (Å²) in [6, 6.07) is 21.9. The Morgan fingerprint density at radius 3 is 2.07 bits per heavy atom. The number of halogens is 2. The molecule has 0 bridgehead atoms. The van der Waals surface area contributed by atoms with Crippen LogP contribution in [0, 0.1) is 17.6 Å². The minimum atomic E-state index is -0.670. The molecule has 0 unspecified atom stereocenters. The van der Waals surface area contributed by atoms with Gasteiger partial charge < -0.3 is 19.9 Å². The van der Waals surface area contributed by atoms with Crippen LogP contribution in [0.1, 0.15) is 55.7 Å². The SMILES string of the molecule is CCN(CC)CCC(=O)N1CCC[C@H](C(c2ccc(F)cc2)c2ccc(F)cc2)[C@@H]1NC(=O)OCc1ccccc1. The highest BCUT2D eigenvalue weighted by Gasteiger charge is 2.41. The third kappa shape index (κ3) is 8.13. The highest BCUT2D eigenvalue weighted by Crippen LogP contribution is 2.40. The lowest BCUT2D eigenvalue weighted by atomic mass is 9.75. The lowest BCUT2D eigenvalue weighted by Crippen LogP contribution is -2.59.